The minimum Gasteiger partial charge on any atom is -0.373 e. The number of nitrogens with two attached hydrogens (primary N) is 1. The average Bonchev–Trinajstić information content (AvgIpc) is 2.15. The Kier molecular flexibility index (Phi) is 3.73. The Hall–Kier alpha value is -1.06. The van der Waals surface area contributed by atoms with Crippen LogP contribution in [-0.2, 0) is 4.79 Å². The van der Waals surface area contributed by atoms with Gasteiger partial charge in [0.15, 0.2) is 0 Å². The highest BCUT2D eigenvalue weighted by Crippen LogP contribution is 2.04. The first-order valence-corrected chi connectivity index (χ1v) is 4.76. The van der Waals surface area contributed by atoms with Gasteiger partial charge in [-0.05, 0) is 12.8 Å². The van der Waals surface area contributed by atoms with Gasteiger partial charge in [-0.25, -0.2) is 0 Å². The molecule has 0 fully saturated rings. The lowest BCUT2D eigenvalue weighted by Crippen LogP contribution is -2.35. The van der Waals surface area contributed by atoms with Gasteiger partial charge in [-0.1, -0.05) is 6.92 Å². The van der Waals surface area contributed by atoms with Crippen LogP contribution in [0.25, 0.3) is 0 Å². The zero-order valence-electron chi connectivity index (χ0n) is 8.05. The summed E-state index contributed by atoms with van der Waals surface area (Å²) in [6.45, 7) is 3.33. The molecule has 4 nitrogen and oxygen atoms in total. The Morgan fingerprint density at radius 1 is 1.69 bits per heavy atom. The molecule has 0 aromatic heterocycles. The Balaban J connectivity index is 2.25. The second kappa shape index (κ2) is 4.84. The number of rotatable bonds is 3. The first kappa shape index (κ1) is 10.0. The normalized spacial score (nSPS) is 19.0. The maximum absolute atomic E-state index is 10.7. The van der Waals surface area contributed by atoms with E-state index in [0.717, 1.165) is 18.8 Å². The predicted octanol–water partition coefficient (Wildman–Crippen LogP) is 0.280. The maximum atomic E-state index is 10.7. The van der Waals surface area contributed by atoms with Crippen molar-refractivity contribution in [2.45, 2.75) is 26.2 Å². The number of carbonyl (C=O) groups excluding carboxylic acids is 1. The van der Waals surface area contributed by atoms with E-state index in [4.69, 9.17) is 5.73 Å². The first-order chi connectivity index (χ1) is 6.20. The lowest BCUT2D eigenvalue weighted by atomic mass is 10.1. The molecule has 0 spiro atoms. The minimum atomic E-state index is -0.260. The van der Waals surface area contributed by atoms with Crippen molar-refractivity contribution in [3.8, 4) is 0 Å². The molecule has 0 aromatic rings. The predicted molar refractivity (Wildman–Crippen MR) is 52.5 cm³/mol. The van der Waals surface area contributed by atoms with Crippen LogP contribution in [0.5, 0.6) is 0 Å². The summed E-state index contributed by atoms with van der Waals surface area (Å²) in [6.07, 6.45) is 3.37. The summed E-state index contributed by atoms with van der Waals surface area (Å²) in [7, 11) is 0. The van der Waals surface area contributed by atoms with Crippen molar-refractivity contribution in [2.24, 2.45) is 16.6 Å². The summed E-state index contributed by atoms with van der Waals surface area (Å²) in [4.78, 5) is 15.0. The Morgan fingerprint density at radius 2 is 2.46 bits per heavy atom. The lowest BCUT2D eigenvalue weighted by molar-refractivity contribution is -0.121. The van der Waals surface area contributed by atoms with Crippen molar-refractivity contribution in [3.05, 3.63) is 0 Å². The molecule has 0 bridgehead atoms. The van der Waals surface area contributed by atoms with Crippen LogP contribution in [0.2, 0.25) is 0 Å². The van der Waals surface area contributed by atoms with Crippen molar-refractivity contribution < 1.29 is 4.79 Å². The average molecular weight is 183 g/mol. The van der Waals surface area contributed by atoms with Gasteiger partial charge in [0.2, 0.25) is 5.91 Å². The van der Waals surface area contributed by atoms with Gasteiger partial charge in [-0.15, -0.1) is 0 Å². The molecule has 1 aliphatic rings. The van der Waals surface area contributed by atoms with Gasteiger partial charge in [0.05, 0.1) is 11.8 Å². The molecule has 1 aliphatic heterocycles. The second-order valence-electron chi connectivity index (χ2n) is 3.47. The van der Waals surface area contributed by atoms with Crippen molar-refractivity contribution in [1.82, 2.24) is 5.32 Å². The van der Waals surface area contributed by atoms with Gasteiger partial charge in [0.1, 0.15) is 0 Å². The number of amidine groups is 1. The molecular formula is C9H17N3O. The minimum absolute atomic E-state index is 0.121. The van der Waals surface area contributed by atoms with Crippen molar-refractivity contribution in [3.63, 3.8) is 0 Å². The van der Waals surface area contributed by atoms with Gasteiger partial charge in [-0.3, -0.25) is 9.79 Å². The molecule has 1 unspecified atom stereocenters. The molecule has 0 aliphatic carbocycles. The van der Waals surface area contributed by atoms with Gasteiger partial charge in [0, 0.05) is 19.5 Å². The van der Waals surface area contributed by atoms with Crippen LogP contribution in [0.4, 0.5) is 0 Å². The van der Waals surface area contributed by atoms with E-state index in [1.165, 1.54) is 12.8 Å². The van der Waals surface area contributed by atoms with Gasteiger partial charge in [0.25, 0.3) is 0 Å². The third-order valence-corrected chi connectivity index (χ3v) is 2.22. The largest absolute Gasteiger partial charge is 0.373 e. The Bertz CT molecular complexity index is 213. The van der Waals surface area contributed by atoms with Crippen LogP contribution < -0.4 is 11.1 Å². The fourth-order valence-corrected chi connectivity index (χ4v) is 1.21. The van der Waals surface area contributed by atoms with Crippen LogP contribution >= 0.6 is 0 Å². The van der Waals surface area contributed by atoms with Crippen LogP contribution in [0.1, 0.15) is 26.2 Å². The Morgan fingerprint density at radius 3 is 3.00 bits per heavy atom. The maximum Gasteiger partial charge on any atom is 0.222 e. The molecule has 1 amide bonds. The molecule has 1 atom stereocenters. The van der Waals surface area contributed by atoms with E-state index < -0.39 is 0 Å². The summed E-state index contributed by atoms with van der Waals surface area (Å²) >= 11 is 0. The van der Waals surface area contributed by atoms with E-state index >= 15 is 0 Å². The van der Waals surface area contributed by atoms with Crippen LogP contribution in [0.15, 0.2) is 4.99 Å². The van der Waals surface area contributed by atoms with Crippen molar-refractivity contribution in [2.75, 3.05) is 13.1 Å². The highest BCUT2D eigenvalue weighted by molar-refractivity contribution is 5.83. The molecule has 3 N–H and O–H groups in total. The molecular weight excluding hydrogens is 166 g/mol. The highest BCUT2D eigenvalue weighted by atomic mass is 16.1. The van der Waals surface area contributed by atoms with Crippen molar-refractivity contribution >= 4 is 11.7 Å². The lowest BCUT2D eigenvalue weighted by Gasteiger charge is -2.15. The smallest absolute Gasteiger partial charge is 0.222 e. The molecule has 4 heteroatoms. The molecule has 1 heterocycles. The summed E-state index contributed by atoms with van der Waals surface area (Å²) in [5, 5.41) is 3.15. The molecule has 0 saturated carbocycles. The van der Waals surface area contributed by atoms with E-state index in [9.17, 15) is 4.79 Å². The summed E-state index contributed by atoms with van der Waals surface area (Å²) in [5.41, 5.74) is 5.13. The standard InChI is InChI=1S/C9H17N3O/c1-7(9(10)13)6-12-8-4-2-3-5-11-8/h7H,2-6H2,1H3,(H2,10,13)(H,11,12). The number of hydrogen-bond acceptors (Lipinski definition) is 3. The van der Waals surface area contributed by atoms with Gasteiger partial charge in [-0.2, -0.15) is 0 Å². The SMILES string of the molecule is CC(CNC1=NCCCC1)C(N)=O. The van der Waals surface area contributed by atoms with E-state index in [-0.39, 0.29) is 11.8 Å². The Labute approximate surface area is 78.6 Å². The quantitative estimate of drug-likeness (QED) is 0.660. The van der Waals surface area contributed by atoms with E-state index in [0.29, 0.717) is 6.54 Å². The van der Waals surface area contributed by atoms with Crippen molar-refractivity contribution in [1.29, 1.82) is 0 Å². The summed E-state index contributed by atoms with van der Waals surface area (Å²) < 4.78 is 0. The fourth-order valence-electron chi connectivity index (χ4n) is 1.21. The van der Waals surface area contributed by atoms with E-state index in [2.05, 4.69) is 10.3 Å². The van der Waals surface area contributed by atoms with Crippen LogP contribution in [-0.4, -0.2) is 24.8 Å². The summed E-state index contributed by atoms with van der Waals surface area (Å²) in [6, 6.07) is 0. The van der Waals surface area contributed by atoms with E-state index in [1.807, 2.05) is 6.92 Å². The fraction of sp³-hybridized carbons (Fsp3) is 0.778. The number of carbonyl (C=O) groups is 1. The number of primary amides is 1. The number of amides is 1. The number of hydrogen-bond donors (Lipinski definition) is 2. The van der Waals surface area contributed by atoms with Gasteiger partial charge >= 0.3 is 0 Å². The number of aliphatic imine (C=N–C) groups is 1. The van der Waals surface area contributed by atoms with Crippen LogP contribution in [0, 0.1) is 5.92 Å². The highest BCUT2D eigenvalue weighted by Gasteiger charge is 2.10. The molecule has 13 heavy (non-hydrogen) atoms. The number of nitrogens with zero attached hydrogens (tertiary/aromatic N) is 1. The van der Waals surface area contributed by atoms with Crippen LogP contribution in [0.3, 0.4) is 0 Å². The zero-order valence-corrected chi connectivity index (χ0v) is 8.05. The third kappa shape index (κ3) is 3.44. The molecule has 0 radical (unpaired) electrons. The third-order valence-electron chi connectivity index (χ3n) is 2.22. The first-order valence-electron chi connectivity index (χ1n) is 4.76. The molecule has 0 aromatic carbocycles. The summed E-state index contributed by atoms with van der Waals surface area (Å²) in [5.74, 6) is 0.646. The number of nitrogens with one attached hydrogen (secondary N) is 1. The zero-order chi connectivity index (χ0) is 9.68. The molecule has 0 saturated heterocycles. The second-order valence-corrected chi connectivity index (χ2v) is 3.47. The molecule has 1 rings (SSSR count). The topological polar surface area (TPSA) is 67.5 Å². The monoisotopic (exact) mass is 183 g/mol. The molecule has 74 valence electrons. The van der Waals surface area contributed by atoms with Gasteiger partial charge < -0.3 is 11.1 Å². The van der Waals surface area contributed by atoms with E-state index in [1.54, 1.807) is 0 Å².